The van der Waals surface area contributed by atoms with Gasteiger partial charge in [-0.3, -0.25) is 9.78 Å². The highest BCUT2D eigenvalue weighted by molar-refractivity contribution is 5.76. The lowest BCUT2D eigenvalue weighted by atomic mass is 10.1. The molecule has 0 unspecified atom stereocenters. The Labute approximate surface area is 155 Å². The van der Waals surface area contributed by atoms with Crippen LogP contribution < -0.4 is 10.1 Å². The van der Waals surface area contributed by atoms with Crippen LogP contribution in [0.4, 0.5) is 8.78 Å². The predicted molar refractivity (Wildman–Crippen MR) is 95.1 cm³/mol. The third kappa shape index (κ3) is 5.31. The third-order valence-corrected chi connectivity index (χ3v) is 3.79. The minimum absolute atomic E-state index is 0.137. The Bertz CT molecular complexity index is 920. The largest absolute Gasteiger partial charge is 0.436 e. The van der Waals surface area contributed by atoms with Crippen LogP contribution in [-0.2, 0) is 17.8 Å². The van der Waals surface area contributed by atoms with Crippen molar-refractivity contribution in [1.82, 2.24) is 15.3 Å². The highest BCUT2D eigenvalue weighted by Crippen LogP contribution is 2.26. The van der Waals surface area contributed by atoms with E-state index < -0.39 is 11.6 Å². The van der Waals surface area contributed by atoms with Crippen molar-refractivity contribution in [3.8, 4) is 11.6 Å². The lowest BCUT2D eigenvalue weighted by Gasteiger charge is -2.11. The van der Waals surface area contributed by atoms with E-state index in [1.165, 1.54) is 12.3 Å². The Morgan fingerprint density at radius 2 is 1.96 bits per heavy atom. The number of nitrogens with zero attached hydrogens (tertiary/aromatic N) is 2. The summed E-state index contributed by atoms with van der Waals surface area (Å²) < 4.78 is 32.2. The van der Waals surface area contributed by atoms with Crippen LogP contribution in [0.25, 0.3) is 0 Å². The maximum atomic E-state index is 13.8. The summed E-state index contributed by atoms with van der Waals surface area (Å²) in [5, 5.41) is 2.79. The fraction of sp³-hybridized carbons (Fsp3) is 0.150. The van der Waals surface area contributed by atoms with Gasteiger partial charge in [-0.1, -0.05) is 12.1 Å². The molecule has 0 saturated heterocycles. The molecule has 2 aromatic heterocycles. The van der Waals surface area contributed by atoms with Crippen molar-refractivity contribution in [2.24, 2.45) is 0 Å². The first-order valence-electron chi connectivity index (χ1n) is 8.34. The van der Waals surface area contributed by atoms with E-state index in [9.17, 15) is 13.6 Å². The fourth-order valence-corrected chi connectivity index (χ4v) is 2.40. The first-order valence-corrected chi connectivity index (χ1v) is 8.34. The molecule has 0 bridgehead atoms. The van der Waals surface area contributed by atoms with Crippen LogP contribution in [0.2, 0.25) is 0 Å². The normalized spacial score (nSPS) is 10.4. The molecule has 0 saturated carbocycles. The average Bonchev–Trinajstić information content (AvgIpc) is 2.68. The van der Waals surface area contributed by atoms with Crippen LogP contribution >= 0.6 is 0 Å². The number of ether oxygens (including phenoxy) is 1. The van der Waals surface area contributed by atoms with E-state index in [4.69, 9.17) is 4.74 Å². The van der Waals surface area contributed by atoms with Crippen LogP contribution in [0, 0.1) is 11.6 Å². The maximum Gasteiger partial charge on any atom is 0.224 e. The van der Waals surface area contributed by atoms with Gasteiger partial charge in [-0.05, 0) is 36.2 Å². The monoisotopic (exact) mass is 369 g/mol. The highest BCUT2D eigenvalue weighted by Gasteiger charge is 2.11. The minimum Gasteiger partial charge on any atom is -0.436 e. The van der Waals surface area contributed by atoms with E-state index in [1.807, 2.05) is 12.1 Å². The summed E-state index contributed by atoms with van der Waals surface area (Å²) in [6.07, 6.45) is 5.78. The van der Waals surface area contributed by atoms with E-state index in [0.717, 1.165) is 17.7 Å². The molecule has 27 heavy (non-hydrogen) atoms. The Morgan fingerprint density at radius 3 is 2.74 bits per heavy atom. The molecule has 1 amide bonds. The second-order valence-corrected chi connectivity index (χ2v) is 5.78. The molecule has 0 spiro atoms. The summed E-state index contributed by atoms with van der Waals surface area (Å²) in [6.45, 7) is 0.178. The van der Waals surface area contributed by atoms with Gasteiger partial charge >= 0.3 is 0 Å². The molecule has 3 rings (SSSR count). The molecule has 138 valence electrons. The average molecular weight is 369 g/mol. The zero-order valence-corrected chi connectivity index (χ0v) is 14.4. The zero-order valence-electron chi connectivity index (χ0n) is 14.4. The maximum absolute atomic E-state index is 13.8. The summed E-state index contributed by atoms with van der Waals surface area (Å²) in [5.41, 5.74) is 1.56. The SMILES string of the molecule is O=C(CCc1cccnc1)NCc1cccnc1Oc1ccc(F)cc1F. The Balaban J connectivity index is 1.59. The number of nitrogens with one attached hydrogen (secondary N) is 1. The van der Waals surface area contributed by atoms with E-state index >= 15 is 0 Å². The lowest BCUT2D eigenvalue weighted by Crippen LogP contribution is -2.23. The lowest BCUT2D eigenvalue weighted by molar-refractivity contribution is -0.121. The second kappa shape index (κ2) is 8.84. The smallest absolute Gasteiger partial charge is 0.224 e. The van der Waals surface area contributed by atoms with Crippen molar-refractivity contribution in [2.45, 2.75) is 19.4 Å². The number of hydrogen-bond acceptors (Lipinski definition) is 4. The molecule has 5 nitrogen and oxygen atoms in total. The molecule has 3 aromatic rings. The molecule has 0 aliphatic rings. The van der Waals surface area contributed by atoms with Crippen molar-refractivity contribution < 1.29 is 18.3 Å². The van der Waals surface area contributed by atoms with Gasteiger partial charge in [0.05, 0.1) is 0 Å². The van der Waals surface area contributed by atoms with Crippen molar-refractivity contribution in [3.63, 3.8) is 0 Å². The molecule has 7 heteroatoms. The van der Waals surface area contributed by atoms with Gasteiger partial charge in [-0.15, -0.1) is 0 Å². The van der Waals surface area contributed by atoms with Crippen LogP contribution in [0.15, 0.2) is 61.1 Å². The van der Waals surface area contributed by atoms with Gasteiger partial charge < -0.3 is 10.1 Å². The molecular formula is C20H17F2N3O2. The Kier molecular flexibility index (Phi) is 6.04. The van der Waals surface area contributed by atoms with E-state index in [2.05, 4.69) is 15.3 Å². The molecule has 2 heterocycles. The van der Waals surface area contributed by atoms with E-state index in [0.29, 0.717) is 18.4 Å². The number of aromatic nitrogens is 2. The molecule has 0 fully saturated rings. The first-order chi connectivity index (χ1) is 13.1. The first kappa shape index (κ1) is 18.4. The molecular weight excluding hydrogens is 352 g/mol. The second-order valence-electron chi connectivity index (χ2n) is 5.78. The molecule has 0 atom stereocenters. The van der Waals surface area contributed by atoms with Gasteiger partial charge in [-0.2, -0.15) is 0 Å². The molecule has 1 aromatic carbocycles. The number of carbonyl (C=O) groups excluding carboxylic acids is 1. The number of amides is 1. The van der Waals surface area contributed by atoms with Gasteiger partial charge in [0.2, 0.25) is 11.8 Å². The summed E-state index contributed by atoms with van der Waals surface area (Å²) in [5.74, 6) is -1.65. The van der Waals surface area contributed by atoms with Crippen LogP contribution in [-0.4, -0.2) is 15.9 Å². The Morgan fingerprint density at radius 1 is 1.11 bits per heavy atom. The van der Waals surface area contributed by atoms with Crippen molar-refractivity contribution >= 4 is 5.91 Å². The third-order valence-electron chi connectivity index (χ3n) is 3.79. The number of benzene rings is 1. The van der Waals surface area contributed by atoms with Crippen LogP contribution in [0.1, 0.15) is 17.5 Å². The van der Waals surface area contributed by atoms with Gasteiger partial charge in [-0.25, -0.2) is 13.8 Å². The highest BCUT2D eigenvalue weighted by atomic mass is 19.1. The molecule has 1 N–H and O–H groups in total. The number of rotatable bonds is 7. The van der Waals surface area contributed by atoms with Gasteiger partial charge in [0.25, 0.3) is 0 Å². The summed E-state index contributed by atoms with van der Waals surface area (Å²) in [4.78, 5) is 20.1. The number of carbonyl (C=O) groups is 1. The number of aryl methyl sites for hydroxylation is 1. The zero-order chi connectivity index (χ0) is 19.1. The summed E-state index contributed by atoms with van der Waals surface area (Å²) in [6, 6.07) is 10.1. The van der Waals surface area contributed by atoms with Crippen LogP contribution in [0.3, 0.4) is 0 Å². The topological polar surface area (TPSA) is 64.1 Å². The van der Waals surface area contributed by atoms with Gasteiger partial charge in [0.15, 0.2) is 11.6 Å². The van der Waals surface area contributed by atoms with E-state index in [1.54, 1.807) is 24.5 Å². The predicted octanol–water partition coefficient (Wildman–Crippen LogP) is 3.80. The Hall–Kier alpha value is -3.35. The molecule has 0 aliphatic heterocycles. The summed E-state index contributed by atoms with van der Waals surface area (Å²) in [7, 11) is 0. The standard InChI is InChI=1S/C20H17F2N3O2/c21-16-6-7-18(17(22)11-16)27-20-15(4-2-10-24-20)13-25-19(26)8-5-14-3-1-9-23-12-14/h1-4,6-7,9-12H,5,8,13H2,(H,25,26). The van der Waals surface area contributed by atoms with Crippen molar-refractivity contribution in [1.29, 1.82) is 0 Å². The fourth-order valence-electron chi connectivity index (χ4n) is 2.40. The number of hydrogen-bond donors (Lipinski definition) is 1. The van der Waals surface area contributed by atoms with Crippen molar-refractivity contribution in [2.75, 3.05) is 0 Å². The number of halogens is 2. The molecule has 0 aliphatic carbocycles. The minimum atomic E-state index is -0.827. The molecule has 0 radical (unpaired) electrons. The van der Waals surface area contributed by atoms with Gasteiger partial charge in [0.1, 0.15) is 5.82 Å². The number of pyridine rings is 2. The van der Waals surface area contributed by atoms with Crippen molar-refractivity contribution in [3.05, 3.63) is 83.8 Å². The quantitative estimate of drug-likeness (QED) is 0.688. The summed E-state index contributed by atoms with van der Waals surface area (Å²) >= 11 is 0. The van der Waals surface area contributed by atoms with E-state index in [-0.39, 0.29) is 24.1 Å². The van der Waals surface area contributed by atoms with Crippen LogP contribution in [0.5, 0.6) is 11.6 Å². The van der Waals surface area contributed by atoms with Gasteiger partial charge in [0, 0.05) is 43.2 Å².